The molecule has 35 heavy (non-hydrogen) atoms. The fraction of sp³-hybridized carbons (Fsp3) is 0.136. The van der Waals surface area contributed by atoms with Crippen molar-refractivity contribution in [2.24, 2.45) is 0 Å². The average molecular weight is 495 g/mol. The molecule has 0 bridgehead atoms. The molecule has 0 amide bonds. The number of benzene rings is 2. The van der Waals surface area contributed by atoms with Crippen LogP contribution in [0.2, 0.25) is 0 Å². The van der Waals surface area contributed by atoms with Crippen molar-refractivity contribution in [2.75, 3.05) is 23.0 Å². The normalized spacial score (nSPS) is 12.3. The van der Waals surface area contributed by atoms with Crippen molar-refractivity contribution in [1.29, 1.82) is 5.26 Å². The van der Waals surface area contributed by atoms with Gasteiger partial charge in [-0.25, -0.2) is 17.8 Å². The Balaban J connectivity index is 2.02. The summed E-state index contributed by atoms with van der Waals surface area (Å²) in [6.45, 7) is 1.62. The monoisotopic (exact) mass is 494 g/mol. The molecule has 5 N–H and O–H groups in total. The van der Waals surface area contributed by atoms with Crippen LogP contribution in [0.5, 0.6) is 0 Å². The smallest absolute Gasteiger partial charge is 0.267 e. The van der Waals surface area contributed by atoms with E-state index < -0.39 is 27.3 Å². The second kappa shape index (κ2) is 8.65. The van der Waals surface area contributed by atoms with Gasteiger partial charge in [-0.1, -0.05) is 12.1 Å². The summed E-state index contributed by atoms with van der Waals surface area (Å²) < 4.78 is 40.0. The maximum atomic E-state index is 14.1. The predicted molar refractivity (Wildman–Crippen MR) is 128 cm³/mol. The fourth-order valence-electron chi connectivity index (χ4n) is 3.66. The van der Waals surface area contributed by atoms with Gasteiger partial charge in [0.2, 0.25) is 5.95 Å². The number of nitrogen functional groups attached to an aromatic ring is 2. The minimum atomic E-state index is -3.78. The van der Waals surface area contributed by atoms with Gasteiger partial charge in [-0.3, -0.25) is 9.36 Å². The van der Waals surface area contributed by atoms with Crippen LogP contribution in [-0.4, -0.2) is 34.2 Å². The zero-order chi connectivity index (χ0) is 25.5. The van der Waals surface area contributed by atoms with E-state index in [4.69, 9.17) is 11.5 Å². The Kier molecular flexibility index (Phi) is 5.83. The zero-order valence-corrected chi connectivity index (χ0v) is 19.3. The lowest BCUT2D eigenvalue weighted by molar-refractivity contribution is 0.602. The molecule has 0 aliphatic heterocycles. The van der Waals surface area contributed by atoms with Crippen molar-refractivity contribution in [3.05, 3.63) is 70.0 Å². The minimum Gasteiger partial charge on any atom is -0.382 e. The van der Waals surface area contributed by atoms with Gasteiger partial charge in [0.25, 0.3) is 5.56 Å². The summed E-state index contributed by atoms with van der Waals surface area (Å²) in [5.41, 5.74) is 10.9. The number of nitrogens with one attached hydrogen (secondary N) is 1. The molecule has 0 unspecified atom stereocenters. The SMILES string of the molecule is C[C@H](Nc1nc(N)nc(N)c1C#N)c1nc2cccc(S(C)(=O)=O)c2c(=O)n1-c1cccc(F)c1. The standard InChI is InChI=1S/C22H19FN8O3S/c1-11(27-19-14(10-24)18(25)29-22(26)30-19)20-28-15-7-4-8-16(35(2,33)34)17(15)21(32)31(20)13-6-3-5-12(23)9-13/h3-9,11H,1-2H3,(H5,25,26,27,29,30)/t11-/m0/s1. The van der Waals surface area contributed by atoms with Crippen LogP contribution in [0.1, 0.15) is 24.4 Å². The van der Waals surface area contributed by atoms with Crippen LogP contribution >= 0.6 is 0 Å². The maximum Gasteiger partial charge on any atom is 0.267 e. The number of fused-ring (bicyclic) bond motifs is 1. The molecule has 11 nitrogen and oxygen atoms in total. The molecule has 1 atom stereocenters. The highest BCUT2D eigenvalue weighted by Gasteiger charge is 2.24. The van der Waals surface area contributed by atoms with Gasteiger partial charge in [0.05, 0.1) is 27.5 Å². The van der Waals surface area contributed by atoms with Crippen molar-refractivity contribution in [1.82, 2.24) is 19.5 Å². The van der Waals surface area contributed by atoms with E-state index in [-0.39, 0.29) is 50.5 Å². The third kappa shape index (κ3) is 4.34. The van der Waals surface area contributed by atoms with Crippen LogP contribution < -0.4 is 22.3 Å². The van der Waals surface area contributed by atoms with Crippen molar-refractivity contribution < 1.29 is 12.8 Å². The third-order valence-corrected chi connectivity index (χ3v) is 6.30. The first-order valence-corrected chi connectivity index (χ1v) is 12.0. The van der Waals surface area contributed by atoms with E-state index in [1.807, 2.05) is 6.07 Å². The molecule has 13 heteroatoms. The Hall–Kier alpha value is -4.57. The summed E-state index contributed by atoms with van der Waals surface area (Å²) in [7, 11) is -3.78. The number of anilines is 3. The summed E-state index contributed by atoms with van der Waals surface area (Å²) in [6.07, 6.45) is 0.985. The van der Waals surface area contributed by atoms with Gasteiger partial charge in [0.15, 0.2) is 15.7 Å². The van der Waals surface area contributed by atoms with Crippen LogP contribution in [0.3, 0.4) is 0 Å². The molecule has 0 aliphatic rings. The molecule has 0 fully saturated rings. The second-order valence-electron chi connectivity index (χ2n) is 7.68. The number of hydrogen-bond acceptors (Lipinski definition) is 10. The first-order valence-electron chi connectivity index (χ1n) is 10.1. The number of nitrogens with zero attached hydrogens (tertiary/aromatic N) is 5. The zero-order valence-electron chi connectivity index (χ0n) is 18.5. The van der Waals surface area contributed by atoms with Crippen LogP contribution in [0.25, 0.3) is 16.6 Å². The van der Waals surface area contributed by atoms with Gasteiger partial charge in [-0.05, 0) is 37.3 Å². The van der Waals surface area contributed by atoms with E-state index in [0.29, 0.717) is 0 Å². The van der Waals surface area contributed by atoms with Crippen LogP contribution in [0.4, 0.5) is 22.0 Å². The molecule has 0 saturated carbocycles. The van der Waals surface area contributed by atoms with E-state index in [1.165, 1.54) is 36.4 Å². The Labute approximate surface area is 198 Å². The number of nitrogens with two attached hydrogens (primary N) is 2. The Bertz CT molecular complexity index is 1700. The first-order chi connectivity index (χ1) is 16.5. The topological polar surface area (TPSA) is 183 Å². The van der Waals surface area contributed by atoms with Gasteiger partial charge < -0.3 is 16.8 Å². The molecule has 0 spiro atoms. The van der Waals surface area contributed by atoms with Crippen LogP contribution in [-0.2, 0) is 9.84 Å². The number of hydrogen-bond donors (Lipinski definition) is 3. The van der Waals surface area contributed by atoms with Crippen LogP contribution in [0, 0.1) is 17.1 Å². The maximum absolute atomic E-state index is 14.1. The van der Waals surface area contributed by atoms with E-state index in [1.54, 1.807) is 6.92 Å². The van der Waals surface area contributed by atoms with Gasteiger partial charge >= 0.3 is 0 Å². The summed E-state index contributed by atoms with van der Waals surface area (Å²) >= 11 is 0. The van der Waals surface area contributed by atoms with E-state index >= 15 is 0 Å². The largest absolute Gasteiger partial charge is 0.382 e. The molecule has 2 aromatic carbocycles. The molecular formula is C22H19FN8O3S. The molecule has 2 heterocycles. The van der Waals surface area contributed by atoms with Gasteiger partial charge in [-0.15, -0.1) is 0 Å². The van der Waals surface area contributed by atoms with Gasteiger partial charge in [-0.2, -0.15) is 15.2 Å². The van der Waals surface area contributed by atoms with Crippen molar-refractivity contribution >= 4 is 38.3 Å². The minimum absolute atomic E-state index is 0.00928. The summed E-state index contributed by atoms with van der Waals surface area (Å²) in [5.74, 6) is -0.821. The molecule has 4 aromatic rings. The lowest BCUT2D eigenvalue weighted by Gasteiger charge is -2.21. The highest BCUT2D eigenvalue weighted by molar-refractivity contribution is 7.91. The van der Waals surface area contributed by atoms with E-state index in [0.717, 1.165) is 16.9 Å². The number of rotatable bonds is 5. The number of nitriles is 1. The predicted octanol–water partition coefficient (Wildman–Crippen LogP) is 1.93. The highest BCUT2D eigenvalue weighted by Crippen LogP contribution is 2.27. The number of halogens is 1. The summed E-state index contributed by atoms with van der Waals surface area (Å²) in [5, 5.41) is 12.3. The van der Waals surface area contributed by atoms with Crippen molar-refractivity contribution in [3.8, 4) is 11.8 Å². The lowest BCUT2D eigenvalue weighted by Crippen LogP contribution is -2.28. The quantitative estimate of drug-likeness (QED) is 0.370. The molecule has 178 valence electrons. The number of aromatic nitrogens is 4. The molecule has 2 aromatic heterocycles. The first kappa shape index (κ1) is 23.6. The molecule has 0 saturated heterocycles. The average Bonchev–Trinajstić information content (AvgIpc) is 2.77. The Morgan fingerprint density at radius 2 is 1.86 bits per heavy atom. The Morgan fingerprint density at radius 1 is 1.14 bits per heavy atom. The van der Waals surface area contributed by atoms with Crippen molar-refractivity contribution in [2.45, 2.75) is 17.9 Å². The highest BCUT2D eigenvalue weighted by atomic mass is 32.2. The lowest BCUT2D eigenvalue weighted by atomic mass is 10.2. The van der Waals surface area contributed by atoms with Crippen LogP contribution in [0.15, 0.2) is 52.2 Å². The summed E-state index contributed by atoms with van der Waals surface area (Å²) in [6, 6.07) is 10.6. The molecule has 0 radical (unpaired) electrons. The van der Waals surface area contributed by atoms with E-state index in [2.05, 4.69) is 20.3 Å². The van der Waals surface area contributed by atoms with Gasteiger partial charge in [0, 0.05) is 6.26 Å². The molecule has 4 rings (SSSR count). The Morgan fingerprint density at radius 3 is 2.51 bits per heavy atom. The summed E-state index contributed by atoms with van der Waals surface area (Å²) in [4.78, 5) is 25.8. The van der Waals surface area contributed by atoms with Crippen molar-refractivity contribution in [3.63, 3.8) is 0 Å². The van der Waals surface area contributed by atoms with E-state index in [9.17, 15) is 22.9 Å². The second-order valence-corrected chi connectivity index (χ2v) is 9.67. The fourth-order valence-corrected chi connectivity index (χ4v) is 4.55. The van der Waals surface area contributed by atoms with Gasteiger partial charge in [0.1, 0.15) is 29.1 Å². The number of sulfone groups is 1. The third-order valence-electron chi connectivity index (χ3n) is 5.16. The molecular weight excluding hydrogens is 475 g/mol. The molecule has 0 aliphatic carbocycles.